The summed E-state index contributed by atoms with van der Waals surface area (Å²) in [5, 5.41) is 0. The van der Waals surface area contributed by atoms with Crippen LogP contribution in [0, 0.1) is 6.67 Å². The third-order valence-electron chi connectivity index (χ3n) is 1.80. The standard InChI is InChI=1S/C9H10N2/c1-8-4-3-5-9-6-10(2)7-11(8)9/h3-6H,1-2H3. The van der Waals surface area contributed by atoms with Gasteiger partial charge in [-0.25, -0.2) is 0 Å². The SMILES string of the molecule is CC1=CC=CC2=CN(C)[C]N12. The lowest BCUT2D eigenvalue weighted by molar-refractivity contribution is 0.428. The fourth-order valence-electron chi connectivity index (χ4n) is 1.26. The normalized spacial score (nSPS) is 21.6. The van der Waals surface area contributed by atoms with Crippen LogP contribution in [0.2, 0.25) is 0 Å². The lowest BCUT2D eigenvalue weighted by Gasteiger charge is -2.21. The van der Waals surface area contributed by atoms with E-state index in [-0.39, 0.29) is 0 Å². The van der Waals surface area contributed by atoms with Crippen LogP contribution in [0.15, 0.2) is 35.8 Å². The van der Waals surface area contributed by atoms with Crippen LogP contribution in [0.3, 0.4) is 0 Å². The van der Waals surface area contributed by atoms with E-state index in [4.69, 9.17) is 0 Å². The van der Waals surface area contributed by atoms with Crippen LogP contribution in [-0.4, -0.2) is 16.8 Å². The van der Waals surface area contributed by atoms with Gasteiger partial charge in [-0.05, 0) is 19.1 Å². The Kier molecular flexibility index (Phi) is 1.28. The van der Waals surface area contributed by atoms with E-state index in [1.54, 1.807) is 0 Å². The third kappa shape index (κ3) is 0.946. The predicted octanol–water partition coefficient (Wildman–Crippen LogP) is 1.55. The lowest BCUT2D eigenvalue weighted by Crippen LogP contribution is -2.18. The molecule has 0 fully saturated rings. The van der Waals surface area contributed by atoms with Gasteiger partial charge < -0.3 is 9.80 Å². The van der Waals surface area contributed by atoms with Crippen LogP contribution in [-0.2, 0) is 0 Å². The van der Waals surface area contributed by atoms with Gasteiger partial charge in [-0.15, -0.1) is 0 Å². The summed E-state index contributed by atoms with van der Waals surface area (Å²) < 4.78 is 0. The molecule has 2 aliphatic rings. The molecule has 2 aliphatic heterocycles. The molecule has 0 N–H and O–H groups in total. The van der Waals surface area contributed by atoms with Gasteiger partial charge in [0.1, 0.15) is 0 Å². The molecule has 0 aliphatic carbocycles. The van der Waals surface area contributed by atoms with Crippen LogP contribution in [0.4, 0.5) is 0 Å². The zero-order chi connectivity index (χ0) is 7.84. The molecular formula is C9H10N2. The topological polar surface area (TPSA) is 6.48 Å². The maximum atomic E-state index is 3.16. The van der Waals surface area contributed by atoms with Crippen molar-refractivity contribution < 1.29 is 0 Å². The third-order valence-corrected chi connectivity index (χ3v) is 1.80. The van der Waals surface area contributed by atoms with E-state index in [2.05, 4.69) is 31.8 Å². The Bertz CT molecular complexity index is 261. The molecule has 0 aromatic heterocycles. The van der Waals surface area contributed by atoms with Gasteiger partial charge in [0.2, 0.25) is 6.67 Å². The first-order valence-corrected chi connectivity index (χ1v) is 3.63. The summed E-state index contributed by atoms with van der Waals surface area (Å²) in [4.78, 5) is 3.97. The van der Waals surface area contributed by atoms with Crippen molar-refractivity contribution in [2.45, 2.75) is 6.92 Å². The van der Waals surface area contributed by atoms with Gasteiger partial charge in [0.05, 0.1) is 5.70 Å². The summed E-state index contributed by atoms with van der Waals surface area (Å²) in [6, 6.07) is 0. The second-order valence-corrected chi connectivity index (χ2v) is 2.77. The molecule has 2 rings (SSSR count). The minimum atomic E-state index is 1.19. The molecule has 0 spiro atoms. The number of hydrogen-bond donors (Lipinski definition) is 0. The van der Waals surface area contributed by atoms with Gasteiger partial charge >= 0.3 is 0 Å². The maximum absolute atomic E-state index is 3.16. The van der Waals surface area contributed by atoms with E-state index in [9.17, 15) is 0 Å². The molecule has 2 heteroatoms. The van der Waals surface area contributed by atoms with Crippen molar-refractivity contribution in [1.82, 2.24) is 9.80 Å². The molecular weight excluding hydrogens is 136 g/mol. The highest BCUT2D eigenvalue weighted by atomic mass is 15.3. The fourth-order valence-corrected chi connectivity index (χ4v) is 1.26. The van der Waals surface area contributed by atoms with Crippen LogP contribution in [0.5, 0.6) is 0 Å². The number of allylic oxidation sites excluding steroid dienone is 4. The fraction of sp³-hybridized carbons (Fsp3) is 0.222. The van der Waals surface area contributed by atoms with Gasteiger partial charge in [-0.1, -0.05) is 6.08 Å². The van der Waals surface area contributed by atoms with Crippen molar-refractivity contribution in [3.8, 4) is 0 Å². The van der Waals surface area contributed by atoms with Gasteiger partial charge in [0.25, 0.3) is 0 Å². The first-order chi connectivity index (χ1) is 5.27. The van der Waals surface area contributed by atoms with E-state index >= 15 is 0 Å². The Labute approximate surface area is 67.1 Å². The summed E-state index contributed by atoms with van der Waals surface area (Å²) >= 11 is 0. The van der Waals surface area contributed by atoms with Crippen LogP contribution in [0.1, 0.15) is 6.92 Å². The first kappa shape index (κ1) is 6.53. The Morgan fingerprint density at radius 1 is 1.45 bits per heavy atom. The van der Waals surface area contributed by atoms with Gasteiger partial charge in [0.15, 0.2) is 0 Å². The Hall–Kier alpha value is -1.18. The molecule has 2 radical (unpaired) electrons. The molecule has 0 aromatic carbocycles. The number of hydrogen-bond acceptors (Lipinski definition) is 2. The van der Waals surface area contributed by atoms with Crippen molar-refractivity contribution in [2.24, 2.45) is 0 Å². The Morgan fingerprint density at radius 2 is 2.27 bits per heavy atom. The molecule has 56 valence electrons. The average Bonchev–Trinajstić information content (AvgIpc) is 2.31. The zero-order valence-corrected chi connectivity index (χ0v) is 6.70. The average molecular weight is 146 g/mol. The van der Waals surface area contributed by atoms with Gasteiger partial charge in [-0.3, -0.25) is 0 Å². The van der Waals surface area contributed by atoms with Crippen LogP contribution in [0.25, 0.3) is 0 Å². The molecule has 0 aromatic rings. The number of rotatable bonds is 0. The van der Waals surface area contributed by atoms with Crippen LogP contribution >= 0.6 is 0 Å². The van der Waals surface area contributed by atoms with Crippen molar-refractivity contribution in [3.63, 3.8) is 0 Å². The van der Waals surface area contributed by atoms with E-state index in [1.165, 1.54) is 11.4 Å². The van der Waals surface area contributed by atoms with E-state index < -0.39 is 0 Å². The molecule has 0 atom stereocenters. The maximum Gasteiger partial charge on any atom is 0.212 e. The summed E-state index contributed by atoms with van der Waals surface area (Å²) in [5.74, 6) is 0. The highest BCUT2D eigenvalue weighted by Gasteiger charge is 2.20. The quantitative estimate of drug-likeness (QED) is 0.511. The van der Waals surface area contributed by atoms with Crippen molar-refractivity contribution >= 4 is 0 Å². The Balaban J connectivity index is 2.33. The predicted molar refractivity (Wildman–Crippen MR) is 43.8 cm³/mol. The first-order valence-electron chi connectivity index (χ1n) is 3.63. The van der Waals surface area contributed by atoms with Gasteiger partial charge in [-0.2, -0.15) is 0 Å². The molecule has 0 bridgehead atoms. The summed E-state index contributed by atoms with van der Waals surface area (Å²) in [6.07, 6.45) is 8.25. The minimum absolute atomic E-state index is 1.19. The van der Waals surface area contributed by atoms with Crippen molar-refractivity contribution in [2.75, 3.05) is 7.05 Å². The monoisotopic (exact) mass is 146 g/mol. The van der Waals surface area contributed by atoms with Crippen molar-refractivity contribution in [3.05, 3.63) is 42.5 Å². The smallest absolute Gasteiger partial charge is 0.212 e. The summed E-state index contributed by atoms with van der Waals surface area (Å²) in [7, 11) is 1.98. The van der Waals surface area contributed by atoms with Gasteiger partial charge in [0, 0.05) is 18.9 Å². The zero-order valence-electron chi connectivity index (χ0n) is 6.70. The highest BCUT2D eigenvalue weighted by molar-refractivity contribution is 5.35. The molecule has 11 heavy (non-hydrogen) atoms. The lowest BCUT2D eigenvalue weighted by atomic mass is 10.2. The highest BCUT2D eigenvalue weighted by Crippen LogP contribution is 2.26. The molecule has 0 unspecified atom stereocenters. The molecule has 0 amide bonds. The number of nitrogens with zero attached hydrogens (tertiary/aromatic N) is 2. The molecule has 0 saturated carbocycles. The Morgan fingerprint density at radius 3 is 3.00 bits per heavy atom. The summed E-state index contributed by atoms with van der Waals surface area (Å²) in [6.45, 7) is 5.23. The molecule has 2 heterocycles. The minimum Gasteiger partial charge on any atom is -0.348 e. The second kappa shape index (κ2) is 2.16. The van der Waals surface area contributed by atoms with E-state index in [0.717, 1.165) is 0 Å². The molecule has 0 saturated heterocycles. The van der Waals surface area contributed by atoms with E-state index in [0.29, 0.717) is 0 Å². The van der Waals surface area contributed by atoms with Crippen molar-refractivity contribution in [1.29, 1.82) is 0 Å². The summed E-state index contributed by atoms with van der Waals surface area (Å²) in [5.41, 5.74) is 2.40. The van der Waals surface area contributed by atoms with Crippen LogP contribution < -0.4 is 0 Å². The van der Waals surface area contributed by atoms with E-state index in [1.807, 2.05) is 23.0 Å². The second-order valence-electron chi connectivity index (χ2n) is 2.77. The largest absolute Gasteiger partial charge is 0.348 e. The number of fused-ring (bicyclic) bond motifs is 1. The molecule has 2 nitrogen and oxygen atoms in total.